The molecule has 0 saturated carbocycles. The Labute approximate surface area is 110 Å². The van der Waals surface area contributed by atoms with Crippen LogP contribution in [0.25, 0.3) is 0 Å². The summed E-state index contributed by atoms with van der Waals surface area (Å²) in [7, 11) is 0. The maximum atomic E-state index is 12.0. The minimum Gasteiger partial charge on any atom is -0.508 e. The lowest BCUT2D eigenvalue weighted by atomic mass is 10.1. The highest BCUT2D eigenvalue weighted by molar-refractivity contribution is 9.09. The quantitative estimate of drug-likeness (QED) is 0.851. The number of piperidine rings is 1. The smallest absolute Gasteiger partial charge is 0.227 e. The van der Waals surface area contributed by atoms with Crippen LogP contribution in [-0.2, 0) is 11.2 Å². The lowest BCUT2D eigenvalue weighted by Gasteiger charge is -2.29. The van der Waals surface area contributed by atoms with Gasteiger partial charge in [-0.2, -0.15) is 0 Å². The molecule has 1 aliphatic rings. The van der Waals surface area contributed by atoms with E-state index in [1.165, 1.54) is 0 Å². The van der Waals surface area contributed by atoms with Crippen LogP contribution in [0.2, 0.25) is 0 Å². The molecule has 0 unspecified atom stereocenters. The molecule has 0 spiro atoms. The molecule has 17 heavy (non-hydrogen) atoms. The Bertz CT molecular complexity index is 400. The third-order valence-electron chi connectivity index (χ3n) is 3.11. The molecule has 0 bridgehead atoms. The first-order valence-corrected chi connectivity index (χ1v) is 6.77. The molecular weight excluding hydrogens is 282 g/mol. The standard InChI is InChI=1S/C13H16BrNO2/c14-11-5-7-15(8-6-11)13(17)9-10-3-1-2-4-12(10)16/h1-4,11,16H,5-9H2. The second-order valence-corrected chi connectivity index (χ2v) is 5.66. The van der Waals surface area contributed by atoms with Crippen molar-refractivity contribution in [3.63, 3.8) is 0 Å². The summed E-state index contributed by atoms with van der Waals surface area (Å²) in [4.78, 5) is 14.4. The molecule has 92 valence electrons. The first-order valence-electron chi connectivity index (χ1n) is 5.85. The number of phenolic OH excluding ortho intramolecular Hbond substituents is 1. The highest BCUT2D eigenvalue weighted by atomic mass is 79.9. The van der Waals surface area contributed by atoms with E-state index < -0.39 is 0 Å². The van der Waals surface area contributed by atoms with Crippen LogP contribution >= 0.6 is 15.9 Å². The van der Waals surface area contributed by atoms with E-state index in [9.17, 15) is 9.90 Å². The number of hydrogen-bond acceptors (Lipinski definition) is 2. The van der Waals surface area contributed by atoms with Crippen LogP contribution in [0.3, 0.4) is 0 Å². The van der Waals surface area contributed by atoms with Gasteiger partial charge in [-0.25, -0.2) is 0 Å². The highest BCUT2D eigenvalue weighted by Gasteiger charge is 2.21. The minimum atomic E-state index is 0.103. The van der Waals surface area contributed by atoms with Crippen LogP contribution in [-0.4, -0.2) is 33.8 Å². The average Bonchev–Trinajstić information content (AvgIpc) is 2.33. The number of carbonyl (C=O) groups excluding carboxylic acids is 1. The lowest BCUT2D eigenvalue weighted by Crippen LogP contribution is -2.39. The Kier molecular flexibility index (Phi) is 4.05. The Balaban J connectivity index is 1.95. The monoisotopic (exact) mass is 297 g/mol. The fourth-order valence-corrected chi connectivity index (χ4v) is 2.44. The molecule has 1 heterocycles. The van der Waals surface area contributed by atoms with E-state index in [0.29, 0.717) is 16.8 Å². The van der Waals surface area contributed by atoms with Gasteiger partial charge in [0.25, 0.3) is 0 Å². The third-order valence-corrected chi connectivity index (χ3v) is 4.03. The number of alkyl halides is 1. The van der Waals surface area contributed by atoms with E-state index in [2.05, 4.69) is 15.9 Å². The molecule has 1 amide bonds. The van der Waals surface area contributed by atoms with Gasteiger partial charge in [-0.3, -0.25) is 4.79 Å². The van der Waals surface area contributed by atoms with Gasteiger partial charge in [0.05, 0.1) is 6.42 Å². The van der Waals surface area contributed by atoms with Crippen LogP contribution in [0, 0.1) is 0 Å². The van der Waals surface area contributed by atoms with E-state index in [4.69, 9.17) is 0 Å². The molecule has 4 heteroatoms. The van der Waals surface area contributed by atoms with E-state index in [1.54, 1.807) is 18.2 Å². The maximum Gasteiger partial charge on any atom is 0.227 e. The van der Waals surface area contributed by atoms with Crippen LogP contribution in [0.1, 0.15) is 18.4 Å². The molecule has 1 aromatic carbocycles. The molecule has 3 nitrogen and oxygen atoms in total. The maximum absolute atomic E-state index is 12.0. The first-order chi connectivity index (χ1) is 8.16. The zero-order valence-corrected chi connectivity index (χ0v) is 11.2. The molecule has 1 aromatic rings. The Morgan fingerprint density at radius 2 is 2.00 bits per heavy atom. The first kappa shape index (κ1) is 12.4. The molecule has 1 saturated heterocycles. The third kappa shape index (κ3) is 3.22. The van der Waals surface area contributed by atoms with Gasteiger partial charge in [0.1, 0.15) is 5.75 Å². The van der Waals surface area contributed by atoms with Crippen LogP contribution < -0.4 is 0 Å². The average molecular weight is 298 g/mol. The van der Waals surface area contributed by atoms with Crippen LogP contribution in [0.5, 0.6) is 5.75 Å². The zero-order chi connectivity index (χ0) is 12.3. The van der Waals surface area contributed by atoms with Gasteiger partial charge in [-0.1, -0.05) is 34.1 Å². The summed E-state index contributed by atoms with van der Waals surface area (Å²) < 4.78 is 0. The number of aromatic hydroxyl groups is 1. The van der Waals surface area contributed by atoms with E-state index in [-0.39, 0.29) is 11.7 Å². The number of carbonyl (C=O) groups is 1. The predicted molar refractivity (Wildman–Crippen MR) is 70.3 cm³/mol. The van der Waals surface area contributed by atoms with E-state index >= 15 is 0 Å². The summed E-state index contributed by atoms with van der Waals surface area (Å²) in [6, 6.07) is 7.02. The van der Waals surface area contributed by atoms with Crippen LogP contribution in [0.4, 0.5) is 0 Å². The van der Waals surface area contributed by atoms with Crippen molar-refractivity contribution in [1.82, 2.24) is 4.90 Å². The summed E-state index contributed by atoms with van der Waals surface area (Å²) in [5.74, 6) is 0.308. The van der Waals surface area contributed by atoms with Crippen molar-refractivity contribution in [2.75, 3.05) is 13.1 Å². The lowest BCUT2D eigenvalue weighted by molar-refractivity contribution is -0.131. The summed E-state index contributed by atoms with van der Waals surface area (Å²) in [6.45, 7) is 1.62. The number of phenols is 1. The Morgan fingerprint density at radius 1 is 1.35 bits per heavy atom. The van der Waals surface area contributed by atoms with Crippen molar-refractivity contribution in [3.8, 4) is 5.75 Å². The van der Waals surface area contributed by atoms with Crippen molar-refractivity contribution in [3.05, 3.63) is 29.8 Å². The number of rotatable bonds is 2. The van der Waals surface area contributed by atoms with Gasteiger partial charge in [-0.15, -0.1) is 0 Å². The van der Waals surface area contributed by atoms with Gasteiger partial charge in [0, 0.05) is 23.5 Å². The van der Waals surface area contributed by atoms with E-state index in [0.717, 1.165) is 25.9 Å². The second-order valence-electron chi connectivity index (χ2n) is 4.36. The molecular formula is C13H16BrNO2. The number of amides is 1. The number of hydrogen-bond donors (Lipinski definition) is 1. The highest BCUT2D eigenvalue weighted by Crippen LogP contribution is 2.20. The fraction of sp³-hybridized carbons (Fsp3) is 0.462. The molecule has 1 N–H and O–H groups in total. The number of likely N-dealkylation sites (tertiary alicyclic amines) is 1. The second kappa shape index (κ2) is 5.54. The zero-order valence-electron chi connectivity index (χ0n) is 9.60. The molecule has 0 aliphatic carbocycles. The van der Waals surface area contributed by atoms with Crippen molar-refractivity contribution in [2.24, 2.45) is 0 Å². The number of para-hydroxylation sites is 1. The molecule has 2 rings (SSSR count). The predicted octanol–water partition coefficient (Wildman–Crippen LogP) is 2.32. The SMILES string of the molecule is O=C(Cc1ccccc1O)N1CCC(Br)CC1. The van der Waals surface area contributed by atoms with E-state index in [1.807, 2.05) is 11.0 Å². The van der Waals surface area contributed by atoms with Gasteiger partial charge in [0.15, 0.2) is 0 Å². The normalized spacial score (nSPS) is 17.1. The van der Waals surface area contributed by atoms with Gasteiger partial charge in [-0.05, 0) is 18.9 Å². The molecule has 1 fully saturated rings. The van der Waals surface area contributed by atoms with Crippen molar-refractivity contribution in [2.45, 2.75) is 24.1 Å². The minimum absolute atomic E-state index is 0.103. The summed E-state index contributed by atoms with van der Waals surface area (Å²) >= 11 is 3.57. The molecule has 0 radical (unpaired) electrons. The number of halogens is 1. The van der Waals surface area contributed by atoms with Gasteiger partial charge < -0.3 is 10.0 Å². The number of nitrogens with zero attached hydrogens (tertiary/aromatic N) is 1. The van der Waals surface area contributed by atoms with Crippen LogP contribution in [0.15, 0.2) is 24.3 Å². The Hall–Kier alpha value is -1.03. The van der Waals surface area contributed by atoms with Crippen molar-refractivity contribution in [1.29, 1.82) is 0 Å². The summed E-state index contributed by atoms with van der Waals surface area (Å²) in [6.07, 6.45) is 2.30. The largest absolute Gasteiger partial charge is 0.508 e. The van der Waals surface area contributed by atoms with Crippen molar-refractivity contribution < 1.29 is 9.90 Å². The summed E-state index contributed by atoms with van der Waals surface area (Å²) in [5.41, 5.74) is 0.707. The number of benzene rings is 1. The summed E-state index contributed by atoms with van der Waals surface area (Å²) in [5, 5.41) is 9.62. The van der Waals surface area contributed by atoms with Gasteiger partial charge in [0.2, 0.25) is 5.91 Å². The molecule has 0 atom stereocenters. The molecule has 0 aromatic heterocycles. The van der Waals surface area contributed by atoms with Crippen molar-refractivity contribution >= 4 is 21.8 Å². The van der Waals surface area contributed by atoms with Gasteiger partial charge >= 0.3 is 0 Å². The Morgan fingerprint density at radius 3 is 2.65 bits per heavy atom. The molecule has 1 aliphatic heterocycles. The fourth-order valence-electron chi connectivity index (χ4n) is 2.03. The topological polar surface area (TPSA) is 40.5 Å².